The fourth-order valence-electron chi connectivity index (χ4n) is 2.93. The Kier molecular flexibility index (Phi) is 5.83. The SMILES string of the molecule is C=Nc1ncnc2c1ncn2[C@@H]1OC(OCP(C)(=O)CC(C)CC)C=C1F. The van der Waals surface area contributed by atoms with Gasteiger partial charge in [-0.05, 0) is 19.3 Å². The fourth-order valence-corrected chi connectivity index (χ4v) is 5.07. The summed E-state index contributed by atoms with van der Waals surface area (Å²) in [6.07, 6.45) is 3.54. The van der Waals surface area contributed by atoms with Gasteiger partial charge in [-0.2, -0.15) is 0 Å². The van der Waals surface area contributed by atoms with Crippen molar-refractivity contribution in [3.8, 4) is 0 Å². The average Bonchev–Trinajstić information content (AvgIpc) is 3.22. The predicted molar refractivity (Wildman–Crippen MR) is 101 cm³/mol. The van der Waals surface area contributed by atoms with E-state index in [1.54, 1.807) is 6.66 Å². The third kappa shape index (κ3) is 4.31. The molecular formula is C17H23FN5O3P. The Bertz CT molecular complexity index is 915. The van der Waals surface area contributed by atoms with Crippen LogP contribution in [0.4, 0.5) is 10.2 Å². The number of aliphatic imine (C=N–C) groups is 1. The van der Waals surface area contributed by atoms with Crippen LogP contribution in [0.15, 0.2) is 29.5 Å². The van der Waals surface area contributed by atoms with Crippen LogP contribution in [0.1, 0.15) is 26.5 Å². The van der Waals surface area contributed by atoms with E-state index in [4.69, 9.17) is 9.47 Å². The normalized spacial score (nSPS) is 23.2. The topological polar surface area (TPSA) is 91.5 Å². The summed E-state index contributed by atoms with van der Waals surface area (Å²) in [5.41, 5.74) is 0.777. The summed E-state index contributed by atoms with van der Waals surface area (Å²) in [4.78, 5) is 16.0. The van der Waals surface area contributed by atoms with Crippen LogP contribution >= 0.6 is 7.14 Å². The molecule has 0 amide bonds. The molecule has 8 nitrogen and oxygen atoms in total. The molecule has 3 rings (SSSR count). The van der Waals surface area contributed by atoms with E-state index in [1.165, 1.54) is 23.3 Å². The molecule has 1 aliphatic rings. The highest BCUT2D eigenvalue weighted by molar-refractivity contribution is 7.62. The van der Waals surface area contributed by atoms with E-state index in [0.717, 1.165) is 6.42 Å². The molecule has 3 unspecified atom stereocenters. The zero-order valence-electron chi connectivity index (χ0n) is 15.6. The molecule has 1 aliphatic heterocycles. The zero-order valence-corrected chi connectivity index (χ0v) is 16.5. The molecule has 3 heterocycles. The van der Waals surface area contributed by atoms with Gasteiger partial charge in [0.2, 0.25) is 0 Å². The Balaban J connectivity index is 1.70. The molecule has 4 atom stereocenters. The Morgan fingerprint density at radius 1 is 1.48 bits per heavy atom. The van der Waals surface area contributed by atoms with Crippen LogP contribution in [0.5, 0.6) is 0 Å². The van der Waals surface area contributed by atoms with Crippen molar-refractivity contribution in [1.29, 1.82) is 0 Å². The molecule has 10 heteroatoms. The average molecular weight is 395 g/mol. The van der Waals surface area contributed by atoms with E-state index in [0.29, 0.717) is 29.1 Å². The second kappa shape index (κ2) is 7.96. The quantitative estimate of drug-likeness (QED) is 0.498. The van der Waals surface area contributed by atoms with Gasteiger partial charge in [0.15, 0.2) is 35.3 Å². The maximum absolute atomic E-state index is 14.5. The van der Waals surface area contributed by atoms with Crippen LogP contribution in [0, 0.1) is 5.92 Å². The van der Waals surface area contributed by atoms with E-state index < -0.39 is 25.5 Å². The van der Waals surface area contributed by atoms with Gasteiger partial charge < -0.3 is 14.0 Å². The number of imidazole rings is 1. The van der Waals surface area contributed by atoms with Crippen molar-refractivity contribution in [2.75, 3.05) is 19.2 Å². The first-order valence-corrected chi connectivity index (χ1v) is 11.2. The van der Waals surface area contributed by atoms with Crippen LogP contribution in [-0.4, -0.2) is 51.7 Å². The lowest BCUT2D eigenvalue weighted by atomic mass is 10.2. The molecular weight excluding hydrogens is 372 g/mol. The maximum atomic E-state index is 14.5. The molecule has 2 aromatic heterocycles. The smallest absolute Gasteiger partial charge is 0.192 e. The highest BCUT2D eigenvalue weighted by Crippen LogP contribution is 2.44. The first-order chi connectivity index (χ1) is 12.8. The largest absolute Gasteiger partial charge is 0.341 e. The number of fused-ring (bicyclic) bond motifs is 1. The van der Waals surface area contributed by atoms with E-state index in [2.05, 4.69) is 40.5 Å². The van der Waals surface area contributed by atoms with Gasteiger partial charge >= 0.3 is 0 Å². The number of halogens is 1. The molecule has 0 N–H and O–H groups in total. The van der Waals surface area contributed by atoms with Crippen LogP contribution in [-0.2, 0) is 14.0 Å². The Morgan fingerprint density at radius 3 is 2.96 bits per heavy atom. The van der Waals surface area contributed by atoms with Gasteiger partial charge in [0.1, 0.15) is 19.8 Å². The van der Waals surface area contributed by atoms with Gasteiger partial charge in [-0.15, -0.1) is 0 Å². The molecule has 0 saturated carbocycles. The number of hydrogen-bond donors (Lipinski definition) is 0. The van der Waals surface area contributed by atoms with Crippen LogP contribution in [0.3, 0.4) is 0 Å². The van der Waals surface area contributed by atoms with Crippen molar-refractivity contribution in [2.45, 2.75) is 32.8 Å². The summed E-state index contributed by atoms with van der Waals surface area (Å²) in [5.74, 6) is 0.128. The second-order valence-corrected chi connectivity index (χ2v) is 10.1. The Morgan fingerprint density at radius 2 is 2.26 bits per heavy atom. The highest BCUT2D eigenvalue weighted by Gasteiger charge is 2.32. The van der Waals surface area contributed by atoms with Crippen molar-refractivity contribution in [3.63, 3.8) is 0 Å². The summed E-state index contributed by atoms with van der Waals surface area (Å²) in [6, 6.07) is 0. The first kappa shape index (κ1) is 19.8. The van der Waals surface area contributed by atoms with Crippen molar-refractivity contribution >= 4 is 30.8 Å². The van der Waals surface area contributed by atoms with Crippen molar-refractivity contribution in [2.24, 2.45) is 10.9 Å². The molecule has 0 saturated heterocycles. The zero-order chi connectivity index (χ0) is 19.6. The van der Waals surface area contributed by atoms with Gasteiger partial charge in [-0.3, -0.25) is 4.57 Å². The van der Waals surface area contributed by atoms with E-state index in [9.17, 15) is 8.96 Å². The summed E-state index contributed by atoms with van der Waals surface area (Å²) in [6.45, 7) is 9.25. The monoisotopic (exact) mass is 395 g/mol. The molecule has 0 aromatic carbocycles. The number of ether oxygens (including phenoxy) is 2. The lowest BCUT2D eigenvalue weighted by Gasteiger charge is -2.20. The van der Waals surface area contributed by atoms with Gasteiger partial charge in [0, 0.05) is 12.2 Å². The van der Waals surface area contributed by atoms with Gasteiger partial charge in [-0.25, -0.2) is 24.3 Å². The predicted octanol–water partition coefficient (Wildman–Crippen LogP) is 3.88. The molecule has 146 valence electrons. The number of rotatable bonds is 8. The summed E-state index contributed by atoms with van der Waals surface area (Å²) in [5, 5.41) is 0. The Labute approximate surface area is 156 Å². The standard InChI is InChI=1S/C17H23FN5O3P/c1-5-11(2)7-27(4,24)10-25-13-6-12(18)17(26-13)23-9-22-14-15(19-3)20-8-21-16(14)23/h6,8-9,11,13,17H,3,5,7,10H2,1-2,4H3/t11?,13?,17-,27?/m1/s1. The summed E-state index contributed by atoms with van der Waals surface area (Å²) in [7, 11) is -2.48. The van der Waals surface area contributed by atoms with Crippen LogP contribution < -0.4 is 0 Å². The summed E-state index contributed by atoms with van der Waals surface area (Å²) < 4.78 is 39.7. The maximum Gasteiger partial charge on any atom is 0.192 e. The first-order valence-electron chi connectivity index (χ1n) is 8.68. The van der Waals surface area contributed by atoms with Crippen LogP contribution in [0.25, 0.3) is 11.2 Å². The van der Waals surface area contributed by atoms with Gasteiger partial charge in [-0.1, -0.05) is 20.3 Å². The molecule has 27 heavy (non-hydrogen) atoms. The van der Waals surface area contributed by atoms with E-state index in [-0.39, 0.29) is 6.35 Å². The van der Waals surface area contributed by atoms with Crippen molar-refractivity contribution in [1.82, 2.24) is 19.5 Å². The number of nitrogens with zero attached hydrogens (tertiary/aromatic N) is 5. The molecule has 0 fully saturated rings. The molecule has 0 aliphatic carbocycles. The lowest BCUT2D eigenvalue weighted by molar-refractivity contribution is -0.128. The van der Waals surface area contributed by atoms with Gasteiger partial charge in [0.05, 0.1) is 6.33 Å². The lowest BCUT2D eigenvalue weighted by Crippen LogP contribution is -2.17. The fraction of sp³-hybridized carbons (Fsp3) is 0.529. The summed E-state index contributed by atoms with van der Waals surface area (Å²) >= 11 is 0. The minimum absolute atomic E-state index is 0.0376. The number of hydrogen-bond acceptors (Lipinski definition) is 7. The second-order valence-electron chi connectivity index (χ2n) is 6.88. The third-order valence-electron chi connectivity index (χ3n) is 4.44. The Hall–Kier alpha value is -1.96. The van der Waals surface area contributed by atoms with Crippen molar-refractivity contribution in [3.05, 3.63) is 24.6 Å². The highest BCUT2D eigenvalue weighted by atomic mass is 31.2. The van der Waals surface area contributed by atoms with E-state index >= 15 is 0 Å². The minimum atomic E-state index is -2.48. The molecule has 0 bridgehead atoms. The van der Waals surface area contributed by atoms with Crippen LogP contribution in [0.2, 0.25) is 0 Å². The molecule has 0 radical (unpaired) electrons. The number of aromatic nitrogens is 4. The minimum Gasteiger partial charge on any atom is -0.341 e. The van der Waals surface area contributed by atoms with Crippen molar-refractivity contribution < 1.29 is 18.4 Å². The molecule has 0 spiro atoms. The van der Waals surface area contributed by atoms with Gasteiger partial charge in [0.25, 0.3) is 0 Å². The van der Waals surface area contributed by atoms with E-state index in [1.807, 2.05) is 0 Å². The molecule has 2 aromatic rings. The third-order valence-corrected chi connectivity index (χ3v) is 6.53.